The number of benzene rings is 1. The van der Waals surface area contributed by atoms with Crippen molar-refractivity contribution in [2.45, 2.75) is 98.2 Å². The summed E-state index contributed by atoms with van der Waals surface area (Å²) >= 11 is 0. The summed E-state index contributed by atoms with van der Waals surface area (Å²) in [6.07, 6.45) is -24.0. The maximum absolute atomic E-state index is 11.2. The zero-order valence-corrected chi connectivity index (χ0v) is 27.9. The molecule has 21 nitrogen and oxygen atoms in total. The number of allylic oxidation sites excluding steroid dienone is 2. The molecule has 4 aliphatic heterocycles. The van der Waals surface area contributed by atoms with Gasteiger partial charge in [0.15, 0.2) is 35.4 Å². The molecule has 0 spiro atoms. The summed E-state index contributed by atoms with van der Waals surface area (Å²) in [5.74, 6) is -2.30. The molecule has 21 heteroatoms. The lowest BCUT2D eigenvalue weighted by Gasteiger charge is -2.46. The average molecular weight is 775 g/mol. The van der Waals surface area contributed by atoms with Crippen molar-refractivity contribution in [2.75, 3.05) is 19.8 Å². The van der Waals surface area contributed by atoms with Crippen LogP contribution in [0.4, 0.5) is 0 Å². The minimum absolute atomic E-state index is 0.0352. The second-order valence-electron chi connectivity index (χ2n) is 13.1. The van der Waals surface area contributed by atoms with E-state index in [4.69, 9.17) is 33.2 Å². The summed E-state index contributed by atoms with van der Waals surface area (Å²) in [5, 5.41) is 144. The monoisotopic (exact) mass is 774 g/mol. The van der Waals surface area contributed by atoms with E-state index >= 15 is 0 Å². The molecule has 0 aromatic heterocycles. The summed E-state index contributed by atoms with van der Waals surface area (Å²) in [4.78, 5) is 0. The molecule has 4 heterocycles. The minimum atomic E-state index is -1.96. The van der Waals surface area contributed by atoms with Crippen LogP contribution in [0.3, 0.4) is 0 Å². The standard InChI is InChI=1S/C33H42O21/c34-7-18-21(40)24(43)27(46)31(51-18)49-16-5-11(37)4-15-12(16)6-17(29(48-15)10-1-2-13(38)14(39)3-10)50-33-30(26(45)23(42)20(9-36)53-33)54-32-28(47)25(44)22(41)19(8-35)52-32/h1-6,15,18-28,30-47H,7-9H2/t15?,18-,19-,20-,21-,22-,23-,24+,25+,26+,27-,28-,30-,31-,32+,33+/m1/s1. The van der Waals surface area contributed by atoms with Gasteiger partial charge in [-0.3, -0.25) is 0 Å². The van der Waals surface area contributed by atoms with Crippen LogP contribution in [-0.2, 0) is 33.2 Å². The highest BCUT2D eigenvalue weighted by atomic mass is 16.8. The summed E-state index contributed by atoms with van der Waals surface area (Å²) in [6, 6.07) is 3.50. The van der Waals surface area contributed by atoms with E-state index in [1.165, 1.54) is 18.2 Å². The Morgan fingerprint density at radius 2 is 1.13 bits per heavy atom. The Balaban J connectivity index is 1.39. The fraction of sp³-hybridized carbons (Fsp3) is 0.576. The van der Waals surface area contributed by atoms with E-state index in [-0.39, 0.29) is 28.4 Å². The van der Waals surface area contributed by atoms with Gasteiger partial charge >= 0.3 is 0 Å². The molecular weight excluding hydrogens is 732 g/mol. The summed E-state index contributed by atoms with van der Waals surface area (Å²) in [6.45, 7) is -2.45. The molecule has 1 aromatic carbocycles. The van der Waals surface area contributed by atoms with Crippen LogP contribution in [0.2, 0.25) is 0 Å². The zero-order valence-electron chi connectivity index (χ0n) is 27.9. The minimum Gasteiger partial charge on any atom is -0.508 e. The number of phenols is 2. The Kier molecular flexibility index (Phi) is 12.0. The molecule has 0 radical (unpaired) electrons. The number of aromatic hydroxyl groups is 2. The van der Waals surface area contributed by atoms with Crippen molar-refractivity contribution >= 4 is 5.76 Å². The van der Waals surface area contributed by atoms with Gasteiger partial charge in [0.2, 0.25) is 12.6 Å². The molecule has 3 saturated heterocycles. The van der Waals surface area contributed by atoms with Crippen LogP contribution in [0.15, 0.2) is 59.3 Å². The average Bonchev–Trinajstić information content (AvgIpc) is 3.15. The van der Waals surface area contributed by atoms with Gasteiger partial charge in [0, 0.05) is 23.3 Å². The molecular formula is C33H42O21. The van der Waals surface area contributed by atoms with Gasteiger partial charge in [-0.05, 0) is 24.3 Å². The van der Waals surface area contributed by atoms with Gasteiger partial charge in [0.05, 0.1) is 19.8 Å². The Hall–Kier alpha value is -3.62. The Labute approximate surface area is 304 Å². The van der Waals surface area contributed by atoms with Crippen LogP contribution in [-0.4, -0.2) is 190 Å². The molecule has 1 aromatic rings. The van der Waals surface area contributed by atoms with Crippen molar-refractivity contribution in [3.63, 3.8) is 0 Å². The van der Waals surface area contributed by atoms with Crippen LogP contribution >= 0.6 is 0 Å². The molecule has 1 unspecified atom stereocenters. The second kappa shape index (κ2) is 16.2. The first-order valence-corrected chi connectivity index (χ1v) is 16.7. The Morgan fingerprint density at radius 3 is 1.72 bits per heavy atom. The molecule has 16 atom stereocenters. The summed E-state index contributed by atoms with van der Waals surface area (Å²) < 4.78 is 40.5. The number of ether oxygens (including phenoxy) is 7. The van der Waals surface area contributed by atoms with E-state index in [0.29, 0.717) is 0 Å². The fourth-order valence-electron chi connectivity index (χ4n) is 6.40. The number of rotatable bonds is 10. The largest absolute Gasteiger partial charge is 0.508 e. The van der Waals surface area contributed by atoms with E-state index in [1.807, 2.05) is 0 Å². The molecule has 0 bridgehead atoms. The maximum Gasteiger partial charge on any atom is 0.229 e. The van der Waals surface area contributed by atoms with Crippen molar-refractivity contribution in [1.82, 2.24) is 0 Å². The van der Waals surface area contributed by atoms with Gasteiger partial charge in [0.25, 0.3) is 0 Å². The molecule has 6 rings (SSSR count). The summed E-state index contributed by atoms with van der Waals surface area (Å²) in [5.41, 5.74) is 0.0870. The maximum atomic E-state index is 11.2. The van der Waals surface area contributed by atoms with Crippen LogP contribution < -0.4 is 0 Å². The second-order valence-corrected chi connectivity index (χ2v) is 13.1. The van der Waals surface area contributed by atoms with Crippen molar-refractivity contribution in [3.8, 4) is 11.5 Å². The van der Waals surface area contributed by atoms with E-state index in [0.717, 1.165) is 18.2 Å². The van der Waals surface area contributed by atoms with Crippen LogP contribution in [0.1, 0.15) is 5.56 Å². The van der Waals surface area contributed by atoms with Gasteiger partial charge in [0.1, 0.15) is 84.8 Å². The van der Waals surface area contributed by atoms with Gasteiger partial charge in [-0.2, -0.15) is 0 Å². The lowest BCUT2D eigenvalue weighted by molar-refractivity contribution is -0.363. The highest BCUT2D eigenvalue weighted by Gasteiger charge is 2.52. The topological polar surface area (TPSA) is 348 Å². The van der Waals surface area contributed by atoms with Gasteiger partial charge in [-0.1, -0.05) is 0 Å². The normalized spacial score (nSPS) is 41.2. The van der Waals surface area contributed by atoms with E-state index < -0.39 is 135 Å². The van der Waals surface area contributed by atoms with Crippen LogP contribution in [0.5, 0.6) is 11.5 Å². The lowest BCUT2D eigenvalue weighted by Crippen LogP contribution is -2.64. The first-order valence-electron chi connectivity index (χ1n) is 16.7. The van der Waals surface area contributed by atoms with E-state index in [1.54, 1.807) is 0 Å². The SMILES string of the molecule is OC[C@H]1O[C@@H](OC2=CC(O)=CC3OC(c4ccc(O)c(O)c4)=C(O[C@H]4O[C@H](CO)[C@@H](O)[C@H](O)[C@H]4O[C@@H]4O[C@H](CO)[C@@H](O)[C@H](O)[C@H]4O)C=C23)[C@H](O)[C@@H](O)[C@@H]1O. The predicted molar refractivity (Wildman–Crippen MR) is 171 cm³/mol. The highest BCUT2D eigenvalue weighted by molar-refractivity contribution is 5.70. The van der Waals surface area contributed by atoms with Crippen molar-refractivity contribution in [1.29, 1.82) is 0 Å². The number of phenolic OH excluding ortho intramolecular Hbond substituents is 2. The molecule has 300 valence electrons. The van der Waals surface area contributed by atoms with Crippen LogP contribution in [0.25, 0.3) is 5.76 Å². The Bertz CT molecular complexity index is 1620. The van der Waals surface area contributed by atoms with Crippen molar-refractivity contribution < 1.29 is 105 Å². The van der Waals surface area contributed by atoms with E-state index in [2.05, 4.69) is 0 Å². The quantitative estimate of drug-likeness (QED) is 0.0989. The number of fused-ring (bicyclic) bond motifs is 1. The first-order chi connectivity index (χ1) is 25.7. The molecule has 14 N–H and O–H groups in total. The number of hydrogen-bond acceptors (Lipinski definition) is 21. The third kappa shape index (κ3) is 7.62. The Morgan fingerprint density at radius 1 is 0.574 bits per heavy atom. The molecule has 5 aliphatic rings. The molecule has 3 fully saturated rings. The van der Waals surface area contributed by atoms with Crippen LogP contribution in [0, 0.1) is 0 Å². The number of aliphatic hydroxyl groups is 12. The third-order valence-electron chi connectivity index (χ3n) is 9.48. The summed E-state index contributed by atoms with van der Waals surface area (Å²) in [7, 11) is 0. The molecule has 0 amide bonds. The third-order valence-corrected chi connectivity index (χ3v) is 9.48. The molecule has 0 saturated carbocycles. The smallest absolute Gasteiger partial charge is 0.229 e. The molecule has 54 heavy (non-hydrogen) atoms. The number of aliphatic hydroxyl groups excluding tert-OH is 12. The van der Waals surface area contributed by atoms with Crippen molar-refractivity contribution in [2.24, 2.45) is 0 Å². The van der Waals surface area contributed by atoms with Gasteiger partial charge < -0.3 is 105 Å². The fourth-order valence-corrected chi connectivity index (χ4v) is 6.40. The van der Waals surface area contributed by atoms with E-state index in [9.17, 15) is 71.5 Å². The number of hydrogen-bond donors (Lipinski definition) is 14. The zero-order chi connectivity index (χ0) is 39.2. The lowest BCUT2D eigenvalue weighted by atomic mass is 9.95. The first kappa shape index (κ1) is 40.1. The highest BCUT2D eigenvalue weighted by Crippen LogP contribution is 2.42. The van der Waals surface area contributed by atoms with Crippen molar-refractivity contribution in [3.05, 3.63) is 64.8 Å². The molecule has 1 aliphatic carbocycles. The van der Waals surface area contributed by atoms with Gasteiger partial charge in [-0.15, -0.1) is 0 Å². The predicted octanol–water partition coefficient (Wildman–Crippen LogP) is -5.11. The van der Waals surface area contributed by atoms with Gasteiger partial charge in [-0.25, -0.2) is 0 Å².